The van der Waals surface area contributed by atoms with Gasteiger partial charge in [0.05, 0.1) is 11.4 Å². The lowest BCUT2D eigenvalue weighted by Crippen LogP contribution is -2.36. The molecular weight excluding hydrogens is 312 g/mol. The molecule has 7 heteroatoms. The number of thioether (sulfide) groups is 1. The van der Waals surface area contributed by atoms with Crippen molar-refractivity contribution in [2.45, 2.75) is 36.3 Å². The fourth-order valence-corrected chi connectivity index (χ4v) is 3.31. The van der Waals surface area contributed by atoms with Crippen molar-refractivity contribution in [2.24, 2.45) is 0 Å². The third-order valence-corrected chi connectivity index (χ3v) is 4.79. The van der Waals surface area contributed by atoms with Gasteiger partial charge >= 0.3 is 0 Å². The molecule has 0 aliphatic carbocycles. The molecule has 0 radical (unpaired) electrons. The highest BCUT2D eigenvalue weighted by Gasteiger charge is 2.21. The van der Waals surface area contributed by atoms with Crippen molar-refractivity contribution >= 4 is 17.7 Å². The van der Waals surface area contributed by atoms with E-state index in [9.17, 15) is 4.79 Å². The Morgan fingerprint density at radius 1 is 1.48 bits per heavy atom. The molecule has 1 amide bonds. The zero-order valence-corrected chi connectivity index (χ0v) is 13.8. The topological polar surface area (TPSA) is 69.0 Å². The van der Waals surface area contributed by atoms with E-state index >= 15 is 0 Å². The Balaban J connectivity index is 1.58. The molecule has 1 saturated heterocycles. The van der Waals surface area contributed by atoms with E-state index in [0.29, 0.717) is 11.7 Å². The fourth-order valence-electron chi connectivity index (χ4n) is 2.45. The summed E-state index contributed by atoms with van der Waals surface area (Å²) < 4.78 is 7.40. The third-order valence-electron chi connectivity index (χ3n) is 3.73. The molecule has 0 saturated carbocycles. The molecule has 2 heterocycles. The number of ether oxygens (including phenoxy) is 1. The number of carbonyl (C=O) groups is 1. The molecule has 23 heavy (non-hydrogen) atoms. The van der Waals surface area contributed by atoms with Gasteiger partial charge in [0.15, 0.2) is 5.16 Å². The minimum atomic E-state index is -0.247. The van der Waals surface area contributed by atoms with Crippen LogP contribution in [-0.4, -0.2) is 45.2 Å². The van der Waals surface area contributed by atoms with E-state index in [1.54, 1.807) is 6.33 Å². The summed E-state index contributed by atoms with van der Waals surface area (Å²) in [4.78, 5) is 12.2. The second-order valence-corrected chi connectivity index (χ2v) is 6.77. The Morgan fingerprint density at radius 3 is 3.04 bits per heavy atom. The van der Waals surface area contributed by atoms with E-state index in [-0.39, 0.29) is 17.3 Å². The summed E-state index contributed by atoms with van der Waals surface area (Å²) in [5, 5.41) is 11.5. The first-order valence-corrected chi connectivity index (χ1v) is 8.63. The van der Waals surface area contributed by atoms with Crippen LogP contribution in [0.3, 0.4) is 0 Å². The molecule has 2 atom stereocenters. The summed E-state index contributed by atoms with van der Waals surface area (Å²) in [7, 11) is 0. The van der Waals surface area contributed by atoms with Crippen LogP contribution in [-0.2, 0) is 9.53 Å². The number of aromatic nitrogens is 3. The number of hydrogen-bond donors (Lipinski definition) is 1. The first-order valence-electron chi connectivity index (χ1n) is 7.75. The zero-order chi connectivity index (χ0) is 16.1. The summed E-state index contributed by atoms with van der Waals surface area (Å²) in [6.45, 7) is 3.25. The van der Waals surface area contributed by atoms with Gasteiger partial charge in [0, 0.05) is 18.8 Å². The molecule has 122 valence electrons. The van der Waals surface area contributed by atoms with Gasteiger partial charge in [-0.2, -0.15) is 0 Å². The molecule has 2 aromatic rings. The Morgan fingerprint density at radius 2 is 2.30 bits per heavy atom. The lowest BCUT2D eigenvalue weighted by atomic mass is 10.2. The maximum Gasteiger partial charge on any atom is 0.233 e. The van der Waals surface area contributed by atoms with Gasteiger partial charge in [0.25, 0.3) is 0 Å². The van der Waals surface area contributed by atoms with Gasteiger partial charge in [-0.3, -0.25) is 9.36 Å². The van der Waals surface area contributed by atoms with Crippen molar-refractivity contribution in [2.75, 3.05) is 13.2 Å². The normalized spacial score (nSPS) is 18.7. The predicted octanol–water partition coefficient (Wildman–Crippen LogP) is 2.04. The SMILES string of the molecule is C[C@H](Sc1nncn1-c1ccccc1)C(=O)NC[C@@H]1CCCO1. The molecule has 1 aromatic heterocycles. The highest BCUT2D eigenvalue weighted by Crippen LogP contribution is 2.23. The van der Waals surface area contributed by atoms with E-state index in [2.05, 4.69) is 15.5 Å². The van der Waals surface area contributed by atoms with Crippen LogP contribution in [0.25, 0.3) is 5.69 Å². The van der Waals surface area contributed by atoms with Crippen LogP contribution in [0.2, 0.25) is 0 Å². The van der Waals surface area contributed by atoms with E-state index < -0.39 is 0 Å². The van der Waals surface area contributed by atoms with E-state index in [1.165, 1.54) is 11.8 Å². The summed E-state index contributed by atoms with van der Waals surface area (Å²) in [6.07, 6.45) is 3.91. The summed E-state index contributed by atoms with van der Waals surface area (Å²) in [6, 6.07) is 9.84. The summed E-state index contributed by atoms with van der Waals surface area (Å²) in [5.74, 6) is -0.00638. The Kier molecular flexibility index (Phi) is 5.30. The molecule has 1 N–H and O–H groups in total. The third kappa shape index (κ3) is 4.11. The average molecular weight is 332 g/mol. The van der Waals surface area contributed by atoms with Crippen molar-refractivity contribution in [3.8, 4) is 5.69 Å². The van der Waals surface area contributed by atoms with Crippen molar-refractivity contribution in [3.63, 3.8) is 0 Å². The van der Waals surface area contributed by atoms with E-state index in [0.717, 1.165) is 25.1 Å². The lowest BCUT2D eigenvalue weighted by molar-refractivity contribution is -0.120. The molecule has 1 aromatic carbocycles. The largest absolute Gasteiger partial charge is 0.376 e. The second-order valence-electron chi connectivity index (χ2n) is 5.46. The number of benzene rings is 1. The van der Waals surface area contributed by atoms with Gasteiger partial charge in [0.1, 0.15) is 6.33 Å². The Bertz CT molecular complexity index is 641. The number of nitrogens with zero attached hydrogens (tertiary/aromatic N) is 3. The maximum atomic E-state index is 12.2. The molecule has 0 bridgehead atoms. The van der Waals surface area contributed by atoms with Crippen molar-refractivity contribution in [3.05, 3.63) is 36.7 Å². The standard InChI is InChI=1S/C16H20N4O2S/c1-12(15(21)17-10-14-8-5-9-22-14)23-16-19-18-11-20(16)13-6-3-2-4-7-13/h2-4,6-7,11-12,14H,5,8-10H2,1H3,(H,17,21)/t12-,14-/m0/s1. The lowest BCUT2D eigenvalue weighted by Gasteiger charge is -2.14. The van der Waals surface area contributed by atoms with Gasteiger partial charge in [0.2, 0.25) is 5.91 Å². The average Bonchev–Trinajstić information content (AvgIpc) is 3.25. The molecule has 1 aliphatic heterocycles. The molecular formula is C16H20N4O2S. The van der Waals surface area contributed by atoms with Crippen molar-refractivity contribution < 1.29 is 9.53 Å². The molecule has 1 aliphatic rings. The molecule has 3 rings (SSSR count). The number of carbonyl (C=O) groups excluding carboxylic acids is 1. The maximum absolute atomic E-state index is 12.2. The quantitative estimate of drug-likeness (QED) is 0.820. The van der Waals surface area contributed by atoms with Crippen LogP contribution in [0.5, 0.6) is 0 Å². The Labute approximate surface area is 139 Å². The smallest absolute Gasteiger partial charge is 0.233 e. The van der Waals surface area contributed by atoms with E-state index in [1.807, 2.05) is 41.8 Å². The summed E-state index contributed by atoms with van der Waals surface area (Å²) in [5.41, 5.74) is 0.979. The number of hydrogen-bond acceptors (Lipinski definition) is 5. The molecule has 1 fully saturated rings. The molecule has 0 unspecified atom stereocenters. The van der Waals surface area contributed by atoms with Crippen LogP contribution in [0.1, 0.15) is 19.8 Å². The number of nitrogens with one attached hydrogen (secondary N) is 1. The number of amides is 1. The minimum absolute atomic E-state index is 0.00638. The zero-order valence-electron chi connectivity index (χ0n) is 13.0. The van der Waals surface area contributed by atoms with Crippen LogP contribution in [0.15, 0.2) is 41.8 Å². The molecule has 6 nitrogen and oxygen atoms in total. The van der Waals surface area contributed by atoms with Crippen LogP contribution >= 0.6 is 11.8 Å². The van der Waals surface area contributed by atoms with Gasteiger partial charge in [-0.1, -0.05) is 30.0 Å². The monoisotopic (exact) mass is 332 g/mol. The minimum Gasteiger partial charge on any atom is -0.376 e. The predicted molar refractivity (Wildman–Crippen MR) is 88.7 cm³/mol. The number of para-hydroxylation sites is 1. The highest BCUT2D eigenvalue weighted by atomic mass is 32.2. The van der Waals surface area contributed by atoms with Gasteiger partial charge in [-0.05, 0) is 31.9 Å². The fraction of sp³-hybridized carbons (Fsp3) is 0.438. The first kappa shape index (κ1) is 16.0. The van der Waals surface area contributed by atoms with Crippen LogP contribution in [0, 0.1) is 0 Å². The summed E-state index contributed by atoms with van der Waals surface area (Å²) >= 11 is 1.40. The van der Waals surface area contributed by atoms with Crippen LogP contribution < -0.4 is 5.32 Å². The Hall–Kier alpha value is -1.86. The van der Waals surface area contributed by atoms with Crippen LogP contribution in [0.4, 0.5) is 0 Å². The number of rotatable bonds is 6. The van der Waals surface area contributed by atoms with Crippen molar-refractivity contribution in [1.29, 1.82) is 0 Å². The first-order chi connectivity index (χ1) is 11.2. The second kappa shape index (κ2) is 7.61. The van der Waals surface area contributed by atoms with Gasteiger partial charge < -0.3 is 10.1 Å². The highest BCUT2D eigenvalue weighted by molar-refractivity contribution is 8.00. The van der Waals surface area contributed by atoms with E-state index in [4.69, 9.17) is 4.74 Å². The van der Waals surface area contributed by atoms with Gasteiger partial charge in [-0.25, -0.2) is 0 Å². The van der Waals surface area contributed by atoms with Crippen molar-refractivity contribution in [1.82, 2.24) is 20.1 Å². The molecule has 0 spiro atoms. The van der Waals surface area contributed by atoms with Gasteiger partial charge in [-0.15, -0.1) is 10.2 Å².